The Morgan fingerprint density at radius 1 is 0.698 bits per heavy atom. The van der Waals surface area contributed by atoms with Gasteiger partial charge in [0.05, 0.1) is 47.5 Å². The maximum atomic E-state index is 13.4. The van der Waals surface area contributed by atoms with Crippen molar-refractivity contribution in [2.75, 3.05) is 63.1 Å². The van der Waals surface area contributed by atoms with Gasteiger partial charge in [0.25, 0.3) is 0 Å². The fourth-order valence-electron chi connectivity index (χ4n) is 5.86. The number of rotatable bonds is 15. The predicted octanol–water partition coefficient (Wildman–Crippen LogP) is 3.95. The second-order valence-electron chi connectivity index (χ2n) is 11.8. The summed E-state index contributed by atoms with van der Waals surface area (Å²) in [6.07, 6.45) is 0. The highest BCUT2D eigenvalue weighted by Gasteiger charge is 2.38. The maximum Gasteiger partial charge on any atom is 0.357 e. The summed E-state index contributed by atoms with van der Waals surface area (Å²) in [6, 6.07) is 18.2. The van der Waals surface area contributed by atoms with Gasteiger partial charge in [0.2, 0.25) is 11.6 Å². The first-order valence-electron chi connectivity index (χ1n) is 16.6. The molecule has 14 nitrogen and oxygen atoms in total. The van der Waals surface area contributed by atoms with Crippen molar-refractivity contribution in [2.45, 2.75) is 6.54 Å². The van der Waals surface area contributed by atoms with E-state index in [1.165, 1.54) is 12.1 Å². The van der Waals surface area contributed by atoms with Gasteiger partial charge in [-0.25, -0.2) is 4.79 Å². The molecular formula is C37H38Cl2N6O8. The van der Waals surface area contributed by atoms with Gasteiger partial charge in [0.1, 0.15) is 11.5 Å². The lowest BCUT2D eigenvalue weighted by molar-refractivity contribution is 0.0691. The Kier molecular flexibility index (Phi) is 13.3. The SMILES string of the molecule is O=C(O)c1nn(Cc2ccc(Cl)cc2Cl)c2ccccc12.O=C1c2c(O)ccc(O)c2C(=O)c2c(NCCNCCO)ccc(NCCNCCO)c21. The minimum absolute atomic E-state index is 0.00939. The van der Waals surface area contributed by atoms with Gasteiger partial charge in [-0.05, 0) is 48.0 Å². The number of aromatic hydroxyl groups is 2. The Balaban J connectivity index is 0.000000222. The van der Waals surface area contributed by atoms with Crippen LogP contribution in [0.25, 0.3) is 10.9 Å². The van der Waals surface area contributed by atoms with Crippen LogP contribution in [0.15, 0.2) is 66.7 Å². The second-order valence-corrected chi connectivity index (χ2v) is 12.6. The number of nitrogens with zero attached hydrogens (tertiary/aromatic N) is 2. The third kappa shape index (κ3) is 8.88. The van der Waals surface area contributed by atoms with E-state index >= 15 is 0 Å². The quantitative estimate of drug-likeness (QED) is 0.0535. The number of halogens is 2. The van der Waals surface area contributed by atoms with Crippen molar-refractivity contribution in [1.29, 1.82) is 0 Å². The number of nitrogens with one attached hydrogen (secondary N) is 4. The number of carbonyl (C=O) groups excluding carboxylic acids is 2. The minimum atomic E-state index is -1.05. The molecule has 0 radical (unpaired) electrons. The summed E-state index contributed by atoms with van der Waals surface area (Å²) in [5.41, 5.74) is 2.29. The summed E-state index contributed by atoms with van der Waals surface area (Å²) in [5.74, 6) is -2.91. The van der Waals surface area contributed by atoms with Gasteiger partial charge in [-0.1, -0.05) is 47.5 Å². The lowest BCUT2D eigenvalue weighted by Gasteiger charge is -2.25. The zero-order chi connectivity index (χ0) is 38.1. The number of aromatic nitrogens is 2. The van der Waals surface area contributed by atoms with Crippen LogP contribution < -0.4 is 21.3 Å². The standard InChI is InChI=1S/C22H28N4O6.C15H10Cl2N2O2/c27-11-9-23-5-7-25-13-1-2-14(26-8-6-24-10-12-28)18-17(13)21(31)19-15(29)3-4-16(30)20(19)22(18)32;16-10-6-5-9(12(17)7-10)8-19-13-4-2-1-3-11(13)14(18-19)15(20)21/h1-4,23-30H,5-12H2;1-7H,8H2,(H,20,21). The van der Waals surface area contributed by atoms with Gasteiger partial charge in [-0.3, -0.25) is 14.3 Å². The molecule has 1 aromatic heterocycles. The van der Waals surface area contributed by atoms with Crippen LogP contribution in [-0.4, -0.2) is 105 Å². The van der Waals surface area contributed by atoms with E-state index in [0.717, 1.165) is 11.1 Å². The molecule has 278 valence electrons. The summed E-state index contributed by atoms with van der Waals surface area (Å²) in [4.78, 5) is 38.0. The van der Waals surface area contributed by atoms with E-state index in [1.54, 1.807) is 41.1 Å². The van der Waals surface area contributed by atoms with Crippen molar-refractivity contribution in [3.8, 4) is 11.5 Å². The van der Waals surface area contributed by atoms with Crippen molar-refractivity contribution in [2.24, 2.45) is 0 Å². The molecule has 0 amide bonds. The molecule has 0 unspecified atom stereocenters. The molecule has 0 spiro atoms. The summed E-state index contributed by atoms with van der Waals surface area (Å²) < 4.78 is 1.63. The Morgan fingerprint density at radius 2 is 1.25 bits per heavy atom. The Labute approximate surface area is 314 Å². The largest absolute Gasteiger partial charge is 0.507 e. The minimum Gasteiger partial charge on any atom is -0.507 e. The van der Waals surface area contributed by atoms with Crippen LogP contribution in [0, 0.1) is 0 Å². The Morgan fingerprint density at radius 3 is 1.75 bits per heavy atom. The lowest BCUT2D eigenvalue weighted by Crippen LogP contribution is -2.28. The second kappa shape index (κ2) is 18.0. The van der Waals surface area contributed by atoms with E-state index in [9.17, 15) is 29.7 Å². The lowest BCUT2D eigenvalue weighted by atomic mass is 9.81. The number of para-hydroxylation sites is 1. The van der Waals surface area contributed by atoms with Gasteiger partial charge >= 0.3 is 5.97 Å². The van der Waals surface area contributed by atoms with Gasteiger partial charge < -0.3 is 46.8 Å². The average molecular weight is 766 g/mol. The first kappa shape index (κ1) is 39.0. The molecule has 0 fully saturated rings. The first-order valence-corrected chi connectivity index (χ1v) is 17.4. The van der Waals surface area contributed by atoms with Crippen molar-refractivity contribution in [1.82, 2.24) is 20.4 Å². The molecule has 0 saturated carbocycles. The molecule has 1 aliphatic carbocycles. The number of carboxylic acids is 1. The number of hydrogen-bond acceptors (Lipinski definition) is 12. The average Bonchev–Trinajstić information content (AvgIpc) is 3.51. The monoisotopic (exact) mass is 764 g/mol. The van der Waals surface area contributed by atoms with E-state index in [-0.39, 0.29) is 52.7 Å². The van der Waals surface area contributed by atoms with Crippen LogP contribution in [0.3, 0.4) is 0 Å². The molecule has 9 N–H and O–H groups in total. The highest BCUT2D eigenvalue weighted by Crippen LogP contribution is 2.42. The van der Waals surface area contributed by atoms with Crippen LogP contribution in [0.4, 0.5) is 11.4 Å². The number of aromatic carboxylic acids is 1. The molecular weight excluding hydrogens is 727 g/mol. The third-order valence-electron chi connectivity index (χ3n) is 8.28. The normalized spacial score (nSPS) is 11.8. The van der Waals surface area contributed by atoms with E-state index in [4.69, 9.17) is 33.4 Å². The van der Waals surface area contributed by atoms with Crippen molar-refractivity contribution in [3.05, 3.63) is 110 Å². The number of carbonyl (C=O) groups is 3. The van der Waals surface area contributed by atoms with Crippen molar-refractivity contribution < 1.29 is 39.9 Å². The molecule has 4 aromatic carbocycles. The van der Waals surface area contributed by atoms with Gasteiger partial charge in [0, 0.05) is 66.1 Å². The molecule has 0 bridgehead atoms. The molecule has 0 saturated heterocycles. The van der Waals surface area contributed by atoms with Crippen LogP contribution in [0.2, 0.25) is 10.0 Å². The number of phenols is 2. The number of hydrogen-bond donors (Lipinski definition) is 9. The number of phenolic OH excluding ortho intramolecular Hbond substituents is 2. The fourth-order valence-corrected chi connectivity index (χ4v) is 6.32. The number of benzene rings is 4. The number of fused-ring (bicyclic) bond motifs is 3. The molecule has 53 heavy (non-hydrogen) atoms. The number of aliphatic hydroxyl groups is 2. The number of carboxylic acid groups (broad SMARTS) is 1. The molecule has 0 aliphatic heterocycles. The highest BCUT2D eigenvalue weighted by atomic mass is 35.5. The van der Waals surface area contributed by atoms with Gasteiger partial charge in [0.15, 0.2) is 5.69 Å². The van der Waals surface area contributed by atoms with E-state index in [2.05, 4.69) is 26.4 Å². The van der Waals surface area contributed by atoms with Gasteiger partial charge in [-0.15, -0.1) is 0 Å². The van der Waals surface area contributed by atoms with Crippen LogP contribution in [0.5, 0.6) is 11.5 Å². The smallest absolute Gasteiger partial charge is 0.357 e. The Hall–Kier alpha value is -5.22. The summed E-state index contributed by atoms with van der Waals surface area (Å²) >= 11 is 12.0. The van der Waals surface area contributed by atoms with E-state index in [1.807, 2.05) is 18.2 Å². The molecule has 16 heteroatoms. The highest BCUT2D eigenvalue weighted by molar-refractivity contribution is 6.35. The van der Waals surface area contributed by atoms with Crippen LogP contribution >= 0.6 is 23.2 Å². The number of ketones is 2. The van der Waals surface area contributed by atoms with Crippen LogP contribution in [0.1, 0.15) is 47.9 Å². The predicted molar refractivity (Wildman–Crippen MR) is 202 cm³/mol. The number of anilines is 2. The summed E-state index contributed by atoms with van der Waals surface area (Å²) in [6.45, 7) is 3.19. The fraction of sp³-hybridized carbons (Fsp3) is 0.243. The van der Waals surface area contributed by atoms with E-state index in [0.29, 0.717) is 72.6 Å². The molecule has 6 rings (SSSR count). The summed E-state index contributed by atoms with van der Waals surface area (Å²) in [5, 5.41) is 65.7. The molecule has 5 aromatic rings. The van der Waals surface area contributed by atoms with Crippen molar-refractivity contribution in [3.63, 3.8) is 0 Å². The van der Waals surface area contributed by atoms with Gasteiger partial charge in [-0.2, -0.15) is 5.10 Å². The molecule has 1 heterocycles. The molecule has 1 aliphatic rings. The molecule has 0 atom stereocenters. The first-order chi connectivity index (χ1) is 25.6. The van der Waals surface area contributed by atoms with Crippen molar-refractivity contribution >= 4 is 63.0 Å². The zero-order valence-corrected chi connectivity index (χ0v) is 29.8. The van der Waals surface area contributed by atoms with E-state index < -0.39 is 17.5 Å². The van der Waals surface area contributed by atoms with Crippen LogP contribution in [-0.2, 0) is 6.54 Å². The maximum absolute atomic E-state index is 13.4. The topological polar surface area (TPSA) is 218 Å². The summed E-state index contributed by atoms with van der Waals surface area (Å²) in [7, 11) is 0. The zero-order valence-electron chi connectivity index (χ0n) is 28.3. The third-order valence-corrected chi connectivity index (χ3v) is 8.87. The number of aliphatic hydroxyl groups excluding tert-OH is 2. The Bertz CT molecular complexity index is 2060.